The van der Waals surface area contributed by atoms with E-state index in [-0.39, 0.29) is 6.61 Å². The van der Waals surface area contributed by atoms with Crippen molar-refractivity contribution in [1.29, 1.82) is 0 Å². The molecule has 4 heteroatoms. The van der Waals surface area contributed by atoms with Crippen molar-refractivity contribution in [3.05, 3.63) is 66.5 Å². The Hall–Kier alpha value is -3.29. The van der Waals surface area contributed by atoms with Gasteiger partial charge in [-0.25, -0.2) is 4.98 Å². The number of nitrogens with zero attached hydrogens (tertiary/aromatic N) is 1. The lowest BCUT2D eigenvalue weighted by molar-refractivity contribution is 0.350. The Morgan fingerprint density at radius 2 is 1.42 bits per heavy atom. The summed E-state index contributed by atoms with van der Waals surface area (Å²) in [7, 11) is 3.28. The molecule has 0 bridgehead atoms. The molecule has 0 saturated heterocycles. The van der Waals surface area contributed by atoms with E-state index in [0.717, 1.165) is 33.8 Å². The molecule has 1 heterocycles. The van der Waals surface area contributed by atoms with Gasteiger partial charge in [0.1, 0.15) is 23.8 Å². The van der Waals surface area contributed by atoms with Gasteiger partial charge in [-0.3, -0.25) is 0 Å². The van der Waals surface area contributed by atoms with E-state index in [9.17, 15) is 0 Å². The summed E-state index contributed by atoms with van der Waals surface area (Å²) in [5.74, 6) is 7.19. The number of aliphatic hydroxyl groups excluding tert-OH is 1. The molecule has 2 aromatic carbocycles. The molecule has 0 saturated carbocycles. The monoisotopic (exact) mass is 345 g/mol. The van der Waals surface area contributed by atoms with Crippen molar-refractivity contribution >= 4 is 0 Å². The van der Waals surface area contributed by atoms with Gasteiger partial charge in [0, 0.05) is 17.3 Å². The van der Waals surface area contributed by atoms with Crippen LogP contribution < -0.4 is 9.47 Å². The molecular formula is C22H19NO3. The summed E-state index contributed by atoms with van der Waals surface area (Å²) in [5.41, 5.74) is 4.53. The molecule has 0 amide bonds. The van der Waals surface area contributed by atoms with Crippen molar-refractivity contribution < 1.29 is 14.6 Å². The normalized spacial score (nSPS) is 9.96. The number of pyridine rings is 1. The Bertz CT molecular complexity index is 936. The van der Waals surface area contributed by atoms with E-state index in [4.69, 9.17) is 14.6 Å². The molecule has 0 radical (unpaired) electrons. The van der Waals surface area contributed by atoms with Crippen molar-refractivity contribution in [2.75, 3.05) is 20.8 Å². The number of ether oxygens (including phenoxy) is 2. The molecule has 0 aliphatic rings. The number of aromatic nitrogens is 1. The zero-order valence-electron chi connectivity index (χ0n) is 14.7. The zero-order chi connectivity index (χ0) is 18.4. The fourth-order valence-corrected chi connectivity index (χ4v) is 2.62. The van der Waals surface area contributed by atoms with Crippen LogP contribution in [0, 0.1) is 11.8 Å². The minimum absolute atomic E-state index is 0.204. The topological polar surface area (TPSA) is 51.6 Å². The molecule has 0 unspecified atom stereocenters. The first-order chi connectivity index (χ1) is 12.7. The second kappa shape index (κ2) is 8.19. The van der Waals surface area contributed by atoms with Crippen molar-refractivity contribution in [2.45, 2.75) is 0 Å². The molecule has 3 rings (SSSR count). The highest BCUT2D eigenvalue weighted by molar-refractivity contribution is 5.76. The van der Waals surface area contributed by atoms with Gasteiger partial charge in [-0.15, -0.1) is 0 Å². The Morgan fingerprint density at radius 3 is 1.96 bits per heavy atom. The number of aliphatic hydroxyl groups is 1. The van der Waals surface area contributed by atoms with Gasteiger partial charge in [0.2, 0.25) is 0 Å². The lowest BCUT2D eigenvalue weighted by Gasteiger charge is -2.09. The molecule has 0 aliphatic heterocycles. The fraction of sp³-hybridized carbons (Fsp3) is 0.136. The van der Waals surface area contributed by atoms with Crippen LogP contribution in [0.25, 0.3) is 22.3 Å². The van der Waals surface area contributed by atoms with Crippen LogP contribution in [-0.4, -0.2) is 30.9 Å². The molecule has 130 valence electrons. The Balaban J connectivity index is 2.08. The molecular weight excluding hydrogens is 326 g/mol. The first-order valence-electron chi connectivity index (χ1n) is 8.14. The maximum Gasteiger partial charge on any atom is 0.121 e. The lowest BCUT2D eigenvalue weighted by atomic mass is 9.99. The molecule has 4 nitrogen and oxygen atoms in total. The highest BCUT2D eigenvalue weighted by atomic mass is 16.5. The maximum absolute atomic E-state index is 9.01. The SMILES string of the molecule is COc1ccc(-c2cnc(C#CCO)c(-c3ccc(OC)cc3)c2)cc1. The van der Waals surface area contributed by atoms with Gasteiger partial charge in [0.05, 0.1) is 14.2 Å². The highest BCUT2D eigenvalue weighted by Crippen LogP contribution is 2.30. The molecule has 0 fully saturated rings. The largest absolute Gasteiger partial charge is 0.497 e. The second-order valence-electron chi connectivity index (χ2n) is 5.54. The Morgan fingerprint density at radius 1 is 0.846 bits per heavy atom. The van der Waals surface area contributed by atoms with E-state index in [1.165, 1.54) is 0 Å². The molecule has 0 aliphatic carbocycles. The van der Waals surface area contributed by atoms with Gasteiger partial charge in [-0.1, -0.05) is 30.2 Å². The van der Waals surface area contributed by atoms with Crippen molar-refractivity contribution in [1.82, 2.24) is 4.98 Å². The third-order valence-corrected chi connectivity index (χ3v) is 4.00. The third kappa shape index (κ3) is 3.85. The lowest BCUT2D eigenvalue weighted by Crippen LogP contribution is -1.92. The summed E-state index contributed by atoms with van der Waals surface area (Å²) in [6.45, 7) is -0.204. The summed E-state index contributed by atoms with van der Waals surface area (Å²) < 4.78 is 10.4. The van der Waals surface area contributed by atoms with E-state index < -0.39 is 0 Å². The molecule has 1 N–H and O–H groups in total. The molecule has 26 heavy (non-hydrogen) atoms. The summed E-state index contributed by atoms with van der Waals surface area (Å²) in [6.07, 6.45) is 1.79. The van der Waals surface area contributed by atoms with E-state index in [0.29, 0.717) is 5.69 Å². The molecule has 1 aromatic heterocycles. The van der Waals surface area contributed by atoms with Crippen molar-refractivity contribution in [3.8, 4) is 45.6 Å². The average molecular weight is 345 g/mol. The van der Waals surface area contributed by atoms with Crippen LogP contribution in [0.5, 0.6) is 11.5 Å². The van der Waals surface area contributed by atoms with Crippen molar-refractivity contribution in [3.63, 3.8) is 0 Å². The Kier molecular flexibility index (Phi) is 5.52. The third-order valence-electron chi connectivity index (χ3n) is 4.00. The van der Waals surface area contributed by atoms with Crippen LogP contribution in [0.4, 0.5) is 0 Å². The number of hydrogen-bond donors (Lipinski definition) is 1. The quantitative estimate of drug-likeness (QED) is 0.731. The van der Waals surface area contributed by atoms with Gasteiger partial charge in [-0.2, -0.15) is 0 Å². The van der Waals surface area contributed by atoms with Crippen molar-refractivity contribution in [2.24, 2.45) is 0 Å². The Labute approximate surface area is 153 Å². The van der Waals surface area contributed by atoms with E-state index in [1.54, 1.807) is 20.4 Å². The van der Waals surface area contributed by atoms with E-state index >= 15 is 0 Å². The minimum Gasteiger partial charge on any atom is -0.497 e. The van der Waals surface area contributed by atoms with Gasteiger partial charge in [-0.05, 0) is 47.4 Å². The standard InChI is InChI=1S/C22H19NO3/c1-25-19-9-5-16(6-10-19)18-14-21(22(23-15-18)4-3-13-24)17-7-11-20(26-2)12-8-17/h5-12,14-15,24H,13H2,1-2H3. The maximum atomic E-state index is 9.01. The number of rotatable bonds is 4. The highest BCUT2D eigenvalue weighted by Gasteiger charge is 2.09. The number of hydrogen-bond acceptors (Lipinski definition) is 4. The second-order valence-corrected chi connectivity index (χ2v) is 5.54. The van der Waals surface area contributed by atoms with Crippen LogP contribution in [0.2, 0.25) is 0 Å². The summed E-state index contributed by atoms with van der Waals surface area (Å²) in [6, 6.07) is 17.6. The first kappa shape index (κ1) is 17.5. The predicted octanol–water partition coefficient (Wildman–Crippen LogP) is 3.78. The molecule has 0 atom stereocenters. The molecule has 0 spiro atoms. The van der Waals surface area contributed by atoms with Crippen LogP contribution in [0.3, 0.4) is 0 Å². The fourth-order valence-electron chi connectivity index (χ4n) is 2.62. The summed E-state index contributed by atoms with van der Waals surface area (Å²) in [4.78, 5) is 4.51. The zero-order valence-corrected chi connectivity index (χ0v) is 14.7. The van der Waals surface area contributed by atoms with Gasteiger partial charge >= 0.3 is 0 Å². The van der Waals surface area contributed by atoms with Gasteiger partial charge in [0.15, 0.2) is 0 Å². The first-order valence-corrected chi connectivity index (χ1v) is 8.14. The number of methoxy groups -OCH3 is 2. The smallest absolute Gasteiger partial charge is 0.121 e. The van der Waals surface area contributed by atoms with Gasteiger partial charge in [0.25, 0.3) is 0 Å². The summed E-state index contributed by atoms with van der Waals surface area (Å²) in [5, 5.41) is 9.01. The summed E-state index contributed by atoms with van der Waals surface area (Å²) >= 11 is 0. The predicted molar refractivity (Wildman–Crippen MR) is 102 cm³/mol. The van der Waals surface area contributed by atoms with Crippen LogP contribution in [-0.2, 0) is 0 Å². The van der Waals surface area contributed by atoms with E-state index in [2.05, 4.69) is 22.9 Å². The average Bonchev–Trinajstić information content (AvgIpc) is 2.72. The minimum atomic E-state index is -0.204. The van der Waals surface area contributed by atoms with Crippen LogP contribution in [0.1, 0.15) is 5.69 Å². The van der Waals surface area contributed by atoms with Crippen LogP contribution in [0.15, 0.2) is 60.8 Å². The number of benzene rings is 2. The molecule has 3 aromatic rings. The van der Waals surface area contributed by atoms with Crippen LogP contribution >= 0.6 is 0 Å². The van der Waals surface area contributed by atoms with Gasteiger partial charge < -0.3 is 14.6 Å². The van der Waals surface area contributed by atoms with E-state index in [1.807, 2.05) is 48.5 Å².